The van der Waals surface area contributed by atoms with Crippen molar-refractivity contribution in [2.45, 2.75) is 32.4 Å². The smallest absolute Gasteiger partial charge is 0.150 e. The SMILES string of the molecule is c1ccc(CN2CCc3c(c(N4CCOCC4)nc4sc5c(N6CCCC6)ncnc5c34)C2)cc1. The third-order valence-corrected chi connectivity index (χ3v) is 8.67. The second-order valence-electron chi connectivity index (χ2n) is 9.79. The van der Waals surface area contributed by atoms with Crippen molar-refractivity contribution in [2.24, 2.45) is 0 Å². The highest BCUT2D eigenvalue weighted by Gasteiger charge is 2.29. The van der Waals surface area contributed by atoms with E-state index in [1.54, 1.807) is 17.7 Å². The molecule has 0 spiro atoms. The van der Waals surface area contributed by atoms with Gasteiger partial charge in [-0.15, -0.1) is 11.3 Å². The number of anilines is 2. The van der Waals surface area contributed by atoms with E-state index in [-0.39, 0.29) is 0 Å². The first-order chi connectivity index (χ1) is 17.3. The lowest BCUT2D eigenvalue weighted by Crippen LogP contribution is -2.39. The van der Waals surface area contributed by atoms with Gasteiger partial charge in [0.05, 0.1) is 23.4 Å². The Kier molecular flexibility index (Phi) is 5.52. The first kappa shape index (κ1) is 21.5. The zero-order chi connectivity index (χ0) is 23.2. The van der Waals surface area contributed by atoms with Crippen LogP contribution in [0.4, 0.5) is 11.6 Å². The minimum atomic E-state index is 0.763. The van der Waals surface area contributed by atoms with Crippen molar-refractivity contribution in [3.8, 4) is 0 Å². The zero-order valence-electron chi connectivity index (χ0n) is 19.9. The van der Waals surface area contributed by atoms with Crippen molar-refractivity contribution in [1.82, 2.24) is 19.9 Å². The maximum Gasteiger partial charge on any atom is 0.150 e. The van der Waals surface area contributed by atoms with Crippen LogP contribution >= 0.6 is 11.3 Å². The van der Waals surface area contributed by atoms with Gasteiger partial charge in [0.15, 0.2) is 0 Å². The average Bonchev–Trinajstić information content (AvgIpc) is 3.57. The molecular formula is C27H30N6OS. The lowest BCUT2D eigenvalue weighted by molar-refractivity contribution is 0.122. The van der Waals surface area contributed by atoms with E-state index in [0.717, 1.165) is 87.4 Å². The van der Waals surface area contributed by atoms with E-state index in [1.807, 2.05) is 0 Å². The quantitative estimate of drug-likeness (QED) is 0.428. The number of thiophene rings is 1. The number of benzene rings is 1. The van der Waals surface area contributed by atoms with E-state index in [4.69, 9.17) is 19.7 Å². The fraction of sp³-hybridized carbons (Fsp3) is 0.444. The molecule has 3 aromatic heterocycles. The van der Waals surface area contributed by atoms with E-state index in [9.17, 15) is 0 Å². The molecule has 1 aromatic carbocycles. The van der Waals surface area contributed by atoms with Gasteiger partial charge in [-0.3, -0.25) is 4.90 Å². The second-order valence-corrected chi connectivity index (χ2v) is 10.8. The largest absolute Gasteiger partial charge is 0.378 e. The number of rotatable bonds is 4. The summed E-state index contributed by atoms with van der Waals surface area (Å²) in [5, 5.41) is 1.26. The van der Waals surface area contributed by atoms with Crippen molar-refractivity contribution >= 4 is 43.4 Å². The number of ether oxygens (including phenoxy) is 1. The Morgan fingerprint density at radius 2 is 1.66 bits per heavy atom. The Hall–Kier alpha value is -2.81. The fourth-order valence-corrected chi connectivity index (χ4v) is 7.04. The van der Waals surface area contributed by atoms with Gasteiger partial charge in [0, 0.05) is 56.8 Å². The number of morpholine rings is 1. The van der Waals surface area contributed by atoms with Gasteiger partial charge >= 0.3 is 0 Å². The molecule has 6 heterocycles. The van der Waals surface area contributed by atoms with Crippen molar-refractivity contribution in [1.29, 1.82) is 0 Å². The molecule has 0 saturated carbocycles. The van der Waals surface area contributed by atoms with Crippen LogP contribution in [-0.4, -0.2) is 65.8 Å². The number of nitrogens with zero attached hydrogens (tertiary/aromatic N) is 6. The molecule has 7 nitrogen and oxygen atoms in total. The van der Waals surface area contributed by atoms with E-state index in [0.29, 0.717) is 0 Å². The van der Waals surface area contributed by atoms with Crippen LogP contribution in [0.1, 0.15) is 29.5 Å². The van der Waals surface area contributed by atoms with Crippen LogP contribution in [0.2, 0.25) is 0 Å². The van der Waals surface area contributed by atoms with Gasteiger partial charge in [0.1, 0.15) is 22.8 Å². The van der Waals surface area contributed by atoms with E-state index < -0.39 is 0 Å². The molecule has 0 atom stereocenters. The van der Waals surface area contributed by atoms with Gasteiger partial charge in [-0.25, -0.2) is 15.0 Å². The number of aromatic nitrogens is 3. The number of hydrogen-bond donors (Lipinski definition) is 0. The molecule has 3 aliphatic rings. The third kappa shape index (κ3) is 3.84. The van der Waals surface area contributed by atoms with Gasteiger partial charge < -0.3 is 14.5 Å². The zero-order valence-corrected chi connectivity index (χ0v) is 20.8. The van der Waals surface area contributed by atoms with Crippen LogP contribution in [0.25, 0.3) is 20.4 Å². The lowest BCUT2D eigenvalue weighted by atomic mass is 9.96. The summed E-state index contributed by atoms with van der Waals surface area (Å²) >= 11 is 1.78. The Balaban J connectivity index is 1.36. The van der Waals surface area contributed by atoms with Crippen LogP contribution < -0.4 is 9.80 Å². The van der Waals surface area contributed by atoms with Gasteiger partial charge in [-0.1, -0.05) is 30.3 Å². The average molecular weight is 487 g/mol. The van der Waals surface area contributed by atoms with Crippen LogP contribution in [-0.2, 0) is 24.2 Å². The molecule has 2 saturated heterocycles. The van der Waals surface area contributed by atoms with Gasteiger partial charge in [-0.2, -0.15) is 0 Å². The Morgan fingerprint density at radius 3 is 2.49 bits per heavy atom. The highest BCUT2D eigenvalue weighted by molar-refractivity contribution is 7.26. The van der Waals surface area contributed by atoms with Crippen molar-refractivity contribution in [2.75, 3.05) is 55.7 Å². The predicted octanol–water partition coefficient (Wildman–Crippen LogP) is 4.23. The highest BCUT2D eigenvalue weighted by atomic mass is 32.1. The molecule has 0 N–H and O–H groups in total. The molecular weight excluding hydrogens is 456 g/mol. The summed E-state index contributed by atoms with van der Waals surface area (Å²) < 4.78 is 6.87. The summed E-state index contributed by atoms with van der Waals surface area (Å²) in [5.41, 5.74) is 5.28. The normalized spacial score (nSPS) is 19.1. The predicted molar refractivity (Wildman–Crippen MR) is 141 cm³/mol. The fourth-order valence-electron chi connectivity index (χ4n) is 5.87. The minimum Gasteiger partial charge on any atom is -0.378 e. The summed E-state index contributed by atoms with van der Waals surface area (Å²) in [7, 11) is 0. The van der Waals surface area contributed by atoms with Crippen molar-refractivity contribution in [3.63, 3.8) is 0 Å². The number of fused-ring (bicyclic) bond motifs is 5. The van der Waals surface area contributed by atoms with Crippen LogP contribution in [0.3, 0.4) is 0 Å². The van der Waals surface area contributed by atoms with Gasteiger partial charge in [0.2, 0.25) is 0 Å². The molecule has 180 valence electrons. The summed E-state index contributed by atoms with van der Waals surface area (Å²) in [6.45, 7) is 8.41. The Morgan fingerprint density at radius 1 is 0.857 bits per heavy atom. The van der Waals surface area contributed by atoms with Gasteiger partial charge in [0.25, 0.3) is 0 Å². The van der Waals surface area contributed by atoms with Crippen LogP contribution in [0.5, 0.6) is 0 Å². The Bertz CT molecular complexity index is 1360. The monoisotopic (exact) mass is 486 g/mol. The molecule has 35 heavy (non-hydrogen) atoms. The summed E-state index contributed by atoms with van der Waals surface area (Å²) in [5.74, 6) is 2.24. The van der Waals surface area contributed by atoms with E-state index in [2.05, 4.69) is 45.0 Å². The first-order valence-corrected chi connectivity index (χ1v) is 13.6. The first-order valence-electron chi connectivity index (χ1n) is 12.8. The molecule has 8 heteroatoms. The number of pyridine rings is 1. The minimum absolute atomic E-state index is 0.763. The summed E-state index contributed by atoms with van der Waals surface area (Å²) in [4.78, 5) is 23.4. The standard InChI is InChI=1S/C27H30N6OS/c1-2-6-19(7-3-1)16-31-11-8-20-21(17-31)25(33-12-14-34-15-13-33)30-27-22(20)23-24(35-27)26(29-18-28-23)32-9-4-5-10-32/h1-3,6-7,18H,4-5,8-17H2. The molecule has 0 unspecified atom stereocenters. The number of hydrogen-bond acceptors (Lipinski definition) is 8. The van der Waals surface area contributed by atoms with E-state index >= 15 is 0 Å². The Labute approximate surface area is 209 Å². The maximum atomic E-state index is 5.67. The highest BCUT2D eigenvalue weighted by Crippen LogP contribution is 2.43. The summed E-state index contributed by atoms with van der Waals surface area (Å²) in [6.07, 6.45) is 5.26. The van der Waals surface area contributed by atoms with Crippen LogP contribution in [0, 0.1) is 0 Å². The third-order valence-electron chi connectivity index (χ3n) is 7.60. The lowest BCUT2D eigenvalue weighted by Gasteiger charge is -2.35. The maximum absolute atomic E-state index is 5.67. The molecule has 0 bridgehead atoms. The molecule has 0 radical (unpaired) electrons. The van der Waals surface area contributed by atoms with E-state index in [1.165, 1.54) is 39.6 Å². The molecule has 7 rings (SSSR count). The van der Waals surface area contributed by atoms with Crippen LogP contribution in [0.15, 0.2) is 36.7 Å². The van der Waals surface area contributed by atoms with Gasteiger partial charge in [-0.05, 0) is 30.4 Å². The molecule has 3 aliphatic heterocycles. The summed E-state index contributed by atoms with van der Waals surface area (Å²) in [6, 6.07) is 10.8. The van der Waals surface area contributed by atoms with Crippen molar-refractivity contribution < 1.29 is 4.74 Å². The second kappa shape index (κ2) is 9.00. The molecule has 4 aromatic rings. The topological polar surface area (TPSA) is 57.6 Å². The molecule has 2 fully saturated rings. The van der Waals surface area contributed by atoms with Crippen molar-refractivity contribution in [3.05, 3.63) is 53.3 Å². The molecule has 0 amide bonds. The molecule has 0 aliphatic carbocycles.